The zero-order valence-corrected chi connectivity index (χ0v) is 16.5. The number of benzene rings is 1. The molecule has 0 radical (unpaired) electrons. The van der Waals surface area contributed by atoms with Gasteiger partial charge in [0.1, 0.15) is 0 Å². The van der Waals surface area contributed by atoms with E-state index in [1.165, 1.54) is 11.1 Å². The van der Waals surface area contributed by atoms with Gasteiger partial charge in [-0.25, -0.2) is 4.68 Å². The standard InChI is InChI=1S/C21H29N3O3/c1-5-24-14-18(16(2)22-24)13-23(15-19-7-6-10-27-19)12-17-8-9-20(25-3)21(11-17)26-4/h5,8-9,11,14,19H,1,6-7,10,12-13,15H2,2-4H3/t19-/m0/s1. The van der Waals surface area contributed by atoms with Gasteiger partial charge in [0.25, 0.3) is 0 Å². The van der Waals surface area contributed by atoms with Crippen molar-refractivity contribution in [2.45, 2.75) is 39.0 Å². The highest BCUT2D eigenvalue weighted by Crippen LogP contribution is 2.28. The third kappa shape index (κ3) is 4.90. The zero-order valence-electron chi connectivity index (χ0n) is 16.5. The third-order valence-electron chi connectivity index (χ3n) is 4.94. The van der Waals surface area contributed by atoms with E-state index >= 15 is 0 Å². The van der Waals surface area contributed by atoms with E-state index in [1.807, 2.05) is 25.3 Å². The molecule has 1 aromatic carbocycles. The first-order valence-electron chi connectivity index (χ1n) is 9.35. The Morgan fingerprint density at radius 2 is 2.11 bits per heavy atom. The second-order valence-electron chi connectivity index (χ2n) is 6.90. The average molecular weight is 371 g/mol. The molecule has 6 nitrogen and oxygen atoms in total. The van der Waals surface area contributed by atoms with E-state index in [4.69, 9.17) is 14.2 Å². The molecule has 0 N–H and O–H groups in total. The molecule has 2 aromatic rings. The van der Waals surface area contributed by atoms with Crippen molar-refractivity contribution in [3.05, 3.63) is 47.8 Å². The van der Waals surface area contributed by atoms with E-state index in [-0.39, 0.29) is 0 Å². The van der Waals surface area contributed by atoms with Gasteiger partial charge in [0.2, 0.25) is 0 Å². The highest BCUT2D eigenvalue weighted by atomic mass is 16.5. The van der Waals surface area contributed by atoms with Gasteiger partial charge in [-0.2, -0.15) is 5.10 Å². The molecule has 0 bridgehead atoms. The maximum atomic E-state index is 5.87. The van der Waals surface area contributed by atoms with Gasteiger partial charge in [-0.05, 0) is 37.5 Å². The molecular weight excluding hydrogens is 342 g/mol. The molecule has 0 unspecified atom stereocenters. The summed E-state index contributed by atoms with van der Waals surface area (Å²) in [5.41, 5.74) is 3.41. The number of nitrogens with zero attached hydrogens (tertiary/aromatic N) is 3. The Balaban J connectivity index is 1.78. The topological polar surface area (TPSA) is 48.8 Å². The Hall–Kier alpha value is -2.31. The lowest BCUT2D eigenvalue weighted by atomic mass is 10.1. The molecule has 1 aromatic heterocycles. The number of hydrogen-bond donors (Lipinski definition) is 0. The molecule has 0 aliphatic carbocycles. The summed E-state index contributed by atoms with van der Waals surface area (Å²) in [6, 6.07) is 6.09. The Morgan fingerprint density at radius 1 is 1.30 bits per heavy atom. The molecule has 1 aliphatic rings. The van der Waals surface area contributed by atoms with E-state index in [0.29, 0.717) is 6.10 Å². The van der Waals surface area contributed by atoms with Crippen LogP contribution in [0.5, 0.6) is 11.5 Å². The molecule has 27 heavy (non-hydrogen) atoms. The van der Waals surface area contributed by atoms with Gasteiger partial charge in [-0.3, -0.25) is 4.90 Å². The average Bonchev–Trinajstić information content (AvgIpc) is 3.31. The number of aromatic nitrogens is 2. The monoisotopic (exact) mass is 371 g/mol. The van der Waals surface area contributed by atoms with Gasteiger partial charge < -0.3 is 14.2 Å². The Kier molecular flexibility index (Phi) is 6.53. The Labute approximate surface area is 161 Å². The van der Waals surface area contributed by atoms with Crippen LogP contribution in [0, 0.1) is 6.92 Å². The van der Waals surface area contributed by atoms with Crippen molar-refractivity contribution >= 4 is 6.20 Å². The van der Waals surface area contributed by atoms with Crippen molar-refractivity contribution in [1.82, 2.24) is 14.7 Å². The Bertz CT molecular complexity index is 766. The first-order chi connectivity index (χ1) is 13.1. The van der Waals surface area contributed by atoms with Gasteiger partial charge in [-0.15, -0.1) is 0 Å². The van der Waals surface area contributed by atoms with Crippen molar-refractivity contribution in [2.75, 3.05) is 27.4 Å². The molecule has 146 valence electrons. The van der Waals surface area contributed by atoms with Gasteiger partial charge in [-0.1, -0.05) is 12.6 Å². The summed E-state index contributed by atoms with van der Waals surface area (Å²) < 4.78 is 18.4. The van der Waals surface area contributed by atoms with Gasteiger partial charge in [0.15, 0.2) is 11.5 Å². The summed E-state index contributed by atoms with van der Waals surface area (Å²) in [4.78, 5) is 2.41. The summed E-state index contributed by atoms with van der Waals surface area (Å²) in [6.07, 6.45) is 6.31. The predicted molar refractivity (Wildman–Crippen MR) is 106 cm³/mol. The number of hydrogen-bond acceptors (Lipinski definition) is 5. The van der Waals surface area contributed by atoms with E-state index < -0.39 is 0 Å². The number of methoxy groups -OCH3 is 2. The fourth-order valence-corrected chi connectivity index (χ4v) is 3.51. The summed E-state index contributed by atoms with van der Waals surface area (Å²) in [5.74, 6) is 1.50. The summed E-state index contributed by atoms with van der Waals surface area (Å²) in [6.45, 7) is 9.21. The second-order valence-corrected chi connectivity index (χ2v) is 6.90. The SMILES string of the molecule is C=Cn1cc(CN(Cc2ccc(OC)c(OC)c2)C[C@@H]2CCCO2)c(C)n1. The summed E-state index contributed by atoms with van der Waals surface area (Å²) in [7, 11) is 3.32. The smallest absolute Gasteiger partial charge is 0.161 e. The largest absolute Gasteiger partial charge is 0.493 e. The minimum Gasteiger partial charge on any atom is -0.493 e. The van der Waals surface area contributed by atoms with Crippen LogP contribution in [0.3, 0.4) is 0 Å². The molecule has 2 heterocycles. The van der Waals surface area contributed by atoms with Crippen LogP contribution < -0.4 is 9.47 Å². The van der Waals surface area contributed by atoms with Crippen LogP contribution in [0.25, 0.3) is 6.20 Å². The fourth-order valence-electron chi connectivity index (χ4n) is 3.51. The van der Waals surface area contributed by atoms with Crippen LogP contribution in [0.4, 0.5) is 0 Å². The van der Waals surface area contributed by atoms with Gasteiger partial charge in [0, 0.05) is 44.2 Å². The van der Waals surface area contributed by atoms with Gasteiger partial charge >= 0.3 is 0 Å². The summed E-state index contributed by atoms with van der Waals surface area (Å²) in [5, 5.41) is 4.48. The lowest BCUT2D eigenvalue weighted by Crippen LogP contribution is -2.31. The van der Waals surface area contributed by atoms with Crippen LogP contribution >= 0.6 is 0 Å². The third-order valence-corrected chi connectivity index (χ3v) is 4.94. The van der Waals surface area contributed by atoms with E-state index in [1.54, 1.807) is 25.1 Å². The molecule has 1 fully saturated rings. The molecule has 6 heteroatoms. The number of ether oxygens (including phenoxy) is 3. The minimum atomic E-state index is 0.292. The maximum Gasteiger partial charge on any atom is 0.161 e. The highest BCUT2D eigenvalue weighted by Gasteiger charge is 2.21. The van der Waals surface area contributed by atoms with E-state index in [2.05, 4.69) is 22.6 Å². The highest BCUT2D eigenvalue weighted by molar-refractivity contribution is 5.42. The van der Waals surface area contributed by atoms with Crippen molar-refractivity contribution in [3.8, 4) is 11.5 Å². The quantitative estimate of drug-likeness (QED) is 0.675. The summed E-state index contributed by atoms with van der Waals surface area (Å²) >= 11 is 0. The lowest BCUT2D eigenvalue weighted by Gasteiger charge is -2.25. The van der Waals surface area contributed by atoms with Crippen LogP contribution in [0.2, 0.25) is 0 Å². The number of rotatable bonds is 9. The first kappa shape index (κ1) is 19.5. The second kappa shape index (κ2) is 9.06. The van der Waals surface area contributed by atoms with Crippen molar-refractivity contribution < 1.29 is 14.2 Å². The van der Waals surface area contributed by atoms with Crippen LogP contribution in [0.1, 0.15) is 29.7 Å². The van der Waals surface area contributed by atoms with Crippen LogP contribution in [0.15, 0.2) is 31.0 Å². The maximum absolute atomic E-state index is 5.87. The molecule has 3 rings (SSSR count). The van der Waals surface area contributed by atoms with Crippen LogP contribution in [-0.4, -0.2) is 48.2 Å². The zero-order chi connectivity index (χ0) is 19.2. The molecule has 1 saturated heterocycles. The van der Waals surface area contributed by atoms with E-state index in [0.717, 1.165) is 56.3 Å². The molecular formula is C21H29N3O3. The molecule has 0 spiro atoms. The van der Waals surface area contributed by atoms with Crippen molar-refractivity contribution in [3.63, 3.8) is 0 Å². The number of aryl methyl sites for hydroxylation is 1. The predicted octanol–water partition coefficient (Wildman–Crippen LogP) is 3.49. The lowest BCUT2D eigenvalue weighted by molar-refractivity contribution is 0.0678. The molecule has 0 saturated carbocycles. The molecule has 0 amide bonds. The first-order valence-corrected chi connectivity index (χ1v) is 9.35. The molecule has 1 atom stereocenters. The van der Waals surface area contributed by atoms with Gasteiger partial charge in [0.05, 0.1) is 26.0 Å². The fraction of sp³-hybridized carbons (Fsp3) is 0.476. The van der Waals surface area contributed by atoms with Crippen molar-refractivity contribution in [1.29, 1.82) is 0 Å². The molecule has 1 aliphatic heterocycles. The Morgan fingerprint density at radius 3 is 2.74 bits per heavy atom. The normalized spacial score (nSPS) is 16.7. The van der Waals surface area contributed by atoms with E-state index in [9.17, 15) is 0 Å². The van der Waals surface area contributed by atoms with Crippen molar-refractivity contribution in [2.24, 2.45) is 0 Å². The minimum absolute atomic E-state index is 0.292. The van der Waals surface area contributed by atoms with Crippen LogP contribution in [-0.2, 0) is 17.8 Å².